The first-order chi connectivity index (χ1) is 13.1. The molecule has 0 atom stereocenters. The van der Waals surface area contributed by atoms with Crippen LogP contribution in [0.25, 0.3) is 0 Å². The summed E-state index contributed by atoms with van der Waals surface area (Å²) in [5.74, 6) is 0.653. The quantitative estimate of drug-likeness (QED) is 0.378. The highest BCUT2D eigenvalue weighted by Gasteiger charge is 2.06. The molecule has 0 bridgehead atoms. The first-order valence-electron chi connectivity index (χ1n) is 8.12. The standard InChI is InChI=1S/C20H17ClN4OS/c1-26-19-12-7-14(21)13-18(19)23-20(27)22-15-8-10-17(11-9-15)25-24-16-5-3-2-4-6-16/h2-13H,1H3,(H2,22,23,27). The highest BCUT2D eigenvalue weighted by molar-refractivity contribution is 7.80. The third-order valence-electron chi connectivity index (χ3n) is 3.57. The van der Waals surface area contributed by atoms with E-state index < -0.39 is 0 Å². The molecule has 0 aliphatic rings. The van der Waals surface area contributed by atoms with Crippen LogP contribution in [0.5, 0.6) is 5.75 Å². The maximum atomic E-state index is 6.03. The van der Waals surface area contributed by atoms with Crippen LogP contribution in [0, 0.1) is 0 Å². The SMILES string of the molecule is COc1ccc(Cl)cc1NC(=S)Nc1ccc(N=Nc2ccccc2)cc1. The van der Waals surface area contributed by atoms with Crippen molar-refractivity contribution >= 4 is 51.7 Å². The van der Waals surface area contributed by atoms with Gasteiger partial charge < -0.3 is 15.4 Å². The molecule has 0 aliphatic carbocycles. The van der Waals surface area contributed by atoms with Crippen molar-refractivity contribution in [1.82, 2.24) is 0 Å². The van der Waals surface area contributed by atoms with Crippen LogP contribution in [-0.4, -0.2) is 12.2 Å². The number of nitrogens with one attached hydrogen (secondary N) is 2. The van der Waals surface area contributed by atoms with Gasteiger partial charge in [0.2, 0.25) is 0 Å². The van der Waals surface area contributed by atoms with Crippen LogP contribution in [0.15, 0.2) is 83.0 Å². The summed E-state index contributed by atoms with van der Waals surface area (Å²) >= 11 is 11.4. The molecular weight excluding hydrogens is 380 g/mol. The molecule has 0 heterocycles. The van der Waals surface area contributed by atoms with Crippen LogP contribution in [0.4, 0.5) is 22.7 Å². The zero-order valence-corrected chi connectivity index (χ0v) is 16.1. The number of hydrogen-bond donors (Lipinski definition) is 2. The van der Waals surface area contributed by atoms with Crippen LogP contribution in [0.2, 0.25) is 5.02 Å². The fourth-order valence-electron chi connectivity index (χ4n) is 2.28. The van der Waals surface area contributed by atoms with Crippen molar-refractivity contribution in [2.24, 2.45) is 10.2 Å². The van der Waals surface area contributed by atoms with E-state index in [0.717, 1.165) is 17.1 Å². The van der Waals surface area contributed by atoms with Gasteiger partial charge in [0.15, 0.2) is 5.11 Å². The molecule has 5 nitrogen and oxygen atoms in total. The number of benzene rings is 3. The number of hydrogen-bond acceptors (Lipinski definition) is 4. The van der Waals surface area contributed by atoms with Gasteiger partial charge in [0.05, 0.1) is 24.2 Å². The van der Waals surface area contributed by atoms with E-state index in [1.165, 1.54) is 0 Å². The van der Waals surface area contributed by atoms with Crippen molar-refractivity contribution in [3.05, 3.63) is 77.8 Å². The van der Waals surface area contributed by atoms with E-state index in [9.17, 15) is 0 Å². The topological polar surface area (TPSA) is 58.0 Å². The number of thiocarbonyl (C=S) groups is 1. The van der Waals surface area contributed by atoms with Crippen LogP contribution in [0.3, 0.4) is 0 Å². The third-order valence-corrected chi connectivity index (χ3v) is 4.01. The summed E-state index contributed by atoms with van der Waals surface area (Å²) in [4.78, 5) is 0. The van der Waals surface area contributed by atoms with Crippen LogP contribution in [-0.2, 0) is 0 Å². The minimum atomic E-state index is 0.425. The Morgan fingerprint density at radius 3 is 2.22 bits per heavy atom. The second-order valence-electron chi connectivity index (χ2n) is 5.51. The van der Waals surface area contributed by atoms with Gasteiger partial charge in [0, 0.05) is 10.7 Å². The maximum Gasteiger partial charge on any atom is 0.175 e. The van der Waals surface area contributed by atoms with E-state index in [4.69, 9.17) is 28.6 Å². The molecule has 0 aromatic heterocycles. The van der Waals surface area contributed by atoms with Crippen molar-refractivity contribution in [3.8, 4) is 5.75 Å². The van der Waals surface area contributed by atoms with Crippen LogP contribution in [0.1, 0.15) is 0 Å². The average molecular weight is 397 g/mol. The van der Waals surface area contributed by atoms with E-state index in [2.05, 4.69) is 20.9 Å². The summed E-state index contributed by atoms with van der Waals surface area (Å²) in [7, 11) is 1.59. The smallest absolute Gasteiger partial charge is 0.175 e. The molecule has 27 heavy (non-hydrogen) atoms. The number of azo groups is 1. The molecule has 136 valence electrons. The van der Waals surface area contributed by atoms with Gasteiger partial charge in [-0.3, -0.25) is 0 Å². The summed E-state index contributed by atoms with van der Waals surface area (Å²) in [5.41, 5.74) is 3.07. The Hall–Kier alpha value is -2.96. The summed E-state index contributed by atoms with van der Waals surface area (Å²) in [6.45, 7) is 0. The molecule has 7 heteroatoms. The van der Waals surface area contributed by atoms with Gasteiger partial charge in [0.1, 0.15) is 5.75 Å². The minimum absolute atomic E-state index is 0.425. The second-order valence-corrected chi connectivity index (χ2v) is 6.35. The Labute approximate surface area is 168 Å². The van der Waals surface area contributed by atoms with Crippen molar-refractivity contribution in [1.29, 1.82) is 0 Å². The zero-order valence-electron chi connectivity index (χ0n) is 14.5. The van der Waals surface area contributed by atoms with Crippen molar-refractivity contribution in [3.63, 3.8) is 0 Å². The number of anilines is 2. The van der Waals surface area contributed by atoms with Gasteiger partial charge >= 0.3 is 0 Å². The van der Waals surface area contributed by atoms with Gasteiger partial charge in [-0.15, -0.1) is 0 Å². The first kappa shape index (κ1) is 18.8. The zero-order chi connectivity index (χ0) is 19.1. The van der Waals surface area contributed by atoms with Crippen molar-refractivity contribution in [2.45, 2.75) is 0 Å². The lowest BCUT2D eigenvalue weighted by molar-refractivity contribution is 0.417. The second kappa shape index (κ2) is 9.12. The van der Waals surface area contributed by atoms with E-state index >= 15 is 0 Å². The predicted molar refractivity (Wildman–Crippen MR) is 115 cm³/mol. The molecular formula is C20H17ClN4OS. The van der Waals surface area contributed by atoms with Gasteiger partial charge in [-0.05, 0) is 66.8 Å². The number of halogens is 1. The van der Waals surface area contributed by atoms with Gasteiger partial charge in [-0.2, -0.15) is 10.2 Å². The molecule has 0 saturated carbocycles. The molecule has 0 aliphatic heterocycles. The first-order valence-corrected chi connectivity index (χ1v) is 8.91. The summed E-state index contributed by atoms with van der Waals surface area (Å²) in [5, 5.41) is 15.6. The molecule has 3 rings (SSSR count). The lowest BCUT2D eigenvalue weighted by atomic mass is 10.3. The summed E-state index contributed by atoms with van der Waals surface area (Å²) < 4.78 is 5.30. The maximum absolute atomic E-state index is 6.03. The van der Waals surface area contributed by atoms with Crippen molar-refractivity contribution < 1.29 is 4.74 Å². The van der Waals surface area contributed by atoms with Crippen LogP contribution < -0.4 is 15.4 Å². The normalized spacial score (nSPS) is 10.6. The lowest BCUT2D eigenvalue weighted by Gasteiger charge is -2.13. The fourth-order valence-corrected chi connectivity index (χ4v) is 2.68. The largest absolute Gasteiger partial charge is 0.495 e. The molecule has 0 saturated heterocycles. The van der Waals surface area contributed by atoms with Crippen LogP contribution >= 0.6 is 23.8 Å². The Bertz CT molecular complexity index is 946. The van der Waals surface area contributed by atoms with Gasteiger partial charge in [-0.25, -0.2) is 0 Å². The van der Waals surface area contributed by atoms with E-state index in [-0.39, 0.29) is 0 Å². The average Bonchev–Trinajstić information content (AvgIpc) is 2.68. The summed E-state index contributed by atoms with van der Waals surface area (Å²) in [6.07, 6.45) is 0. The molecule has 3 aromatic carbocycles. The molecule has 0 radical (unpaired) electrons. The van der Waals surface area contributed by atoms with E-state index in [0.29, 0.717) is 21.6 Å². The minimum Gasteiger partial charge on any atom is -0.495 e. The third kappa shape index (κ3) is 5.51. The summed E-state index contributed by atoms with van der Waals surface area (Å²) in [6, 6.07) is 22.3. The van der Waals surface area contributed by atoms with Crippen molar-refractivity contribution in [2.75, 3.05) is 17.7 Å². The van der Waals surface area contributed by atoms with E-state index in [1.54, 1.807) is 25.3 Å². The molecule has 0 spiro atoms. The Morgan fingerprint density at radius 2 is 1.56 bits per heavy atom. The molecule has 2 N–H and O–H groups in total. The Balaban J connectivity index is 1.62. The number of methoxy groups -OCH3 is 1. The lowest BCUT2D eigenvalue weighted by Crippen LogP contribution is -2.19. The molecule has 0 amide bonds. The number of nitrogens with zero attached hydrogens (tertiary/aromatic N) is 2. The Morgan fingerprint density at radius 1 is 0.889 bits per heavy atom. The van der Waals surface area contributed by atoms with Gasteiger partial charge in [0.25, 0.3) is 0 Å². The molecule has 0 fully saturated rings. The number of rotatable bonds is 5. The van der Waals surface area contributed by atoms with E-state index in [1.807, 2.05) is 54.6 Å². The number of ether oxygens (including phenoxy) is 1. The van der Waals surface area contributed by atoms with Gasteiger partial charge in [-0.1, -0.05) is 29.8 Å². The highest BCUT2D eigenvalue weighted by Crippen LogP contribution is 2.28. The fraction of sp³-hybridized carbons (Fsp3) is 0.0500. The predicted octanol–water partition coefficient (Wildman–Crippen LogP) is 6.57. The highest BCUT2D eigenvalue weighted by atomic mass is 35.5. The Kier molecular flexibility index (Phi) is 6.35. The monoisotopic (exact) mass is 396 g/mol. The molecule has 3 aromatic rings. The molecule has 0 unspecified atom stereocenters.